The van der Waals surface area contributed by atoms with E-state index < -0.39 is 23.8 Å². The van der Waals surface area contributed by atoms with Crippen LogP contribution in [0.5, 0.6) is 5.88 Å². The fourth-order valence-electron chi connectivity index (χ4n) is 3.59. The lowest BCUT2D eigenvalue weighted by atomic mass is 9.90. The average Bonchev–Trinajstić information content (AvgIpc) is 2.73. The predicted octanol–water partition coefficient (Wildman–Crippen LogP) is 4.11. The van der Waals surface area contributed by atoms with E-state index in [-0.39, 0.29) is 29.3 Å². The van der Waals surface area contributed by atoms with Gasteiger partial charge in [-0.25, -0.2) is 18.2 Å². The first-order valence-electron chi connectivity index (χ1n) is 9.49. The number of pyridine rings is 1. The highest BCUT2D eigenvalue weighted by Gasteiger charge is 2.34. The molecular weight excluding hydrogens is 399 g/mol. The second-order valence-electron chi connectivity index (χ2n) is 7.28. The van der Waals surface area contributed by atoms with E-state index in [0.29, 0.717) is 13.0 Å². The first-order valence-corrected chi connectivity index (χ1v) is 9.49. The van der Waals surface area contributed by atoms with Gasteiger partial charge in [0.25, 0.3) is 6.43 Å². The van der Waals surface area contributed by atoms with Gasteiger partial charge >= 0.3 is 11.8 Å². The molecule has 2 unspecified atom stereocenters. The minimum absolute atomic E-state index is 0.0344. The number of halogens is 3. The summed E-state index contributed by atoms with van der Waals surface area (Å²) < 4.78 is 44.4. The number of carbonyl (C=O) groups is 2. The summed E-state index contributed by atoms with van der Waals surface area (Å²) in [5.74, 6) is -2.20. The highest BCUT2D eigenvalue weighted by molar-refractivity contribution is 6.39. The molecule has 0 radical (unpaired) electrons. The number of nitrogens with zero attached hydrogens (tertiary/aromatic N) is 2. The van der Waals surface area contributed by atoms with Gasteiger partial charge in [0.15, 0.2) is 0 Å². The van der Waals surface area contributed by atoms with Crippen molar-refractivity contribution in [3.8, 4) is 5.88 Å². The molecule has 0 aliphatic carbocycles. The summed E-state index contributed by atoms with van der Waals surface area (Å²) in [5, 5.41) is 2.34. The van der Waals surface area contributed by atoms with Crippen LogP contribution in [0.2, 0.25) is 0 Å². The molecule has 6 nitrogen and oxygen atoms in total. The summed E-state index contributed by atoms with van der Waals surface area (Å²) in [7, 11) is 1.21. The third-order valence-corrected chi connectivity index (χ3v) is 5.09. The quantitative estimate of drug-likeness (QED) is 0.755. The highest BCUT2D eigenvalue weighted by Crippen LogP contribution is 2.34. The van der Waals surface area contributed by atoms with Gasteiger partial charge in [-0.15, -0.1) is 0 Å². The molecule has 0 saturated carbocycles. The molecule has 1 aromatic heterocycles. The smallest absolute Gasteiger partial charge is 0.313 e. The number of ether oxygens (including phenoxy) is 1. The number of hydrogen-bond donors (Lipinski definition) is 1. The summed E-state index contributed by atoms with van der Waals surface area (Å²) in [6.07, 6.45) is -0.226. The molecule has 9 heteroatoms. The van der Waals surface area contributed by atoms with Crippen LogP contribution in [0.1, 0.15) is 43.4 Å². The summed E-state index contributed by atoms with van der Waals surface area (Å²) in [6.45, 7) is 2.33. The van der Waals surface area contributed by atoms with Crippen molar-refractivity contribution in [1.29, 1.82) is 0 Å². The van der Waals surface area contributed by atoms with Crippen molar-refractivity contribution in [2.45, 2.75) is 32.2 Å². The van der Waals surface area contributed by atoms with Crippen molar-refractivity contribution in [2.75, 3.05) is 19.0 Å². The van der Waals surface area contributed by atoms with Crippen LogP contribution in [0.15, 0.2) is 36.5 Å². The normalized spacial score (nSPS) is 18.9. The molecule has 0 spiro atoms. The lowest BCUT2D eigenvalue weighted by Crippen LogP contribution is -2.46. The van der Waals surface area contributed by atoms with Crippen LogP contribution in [0, 0.1) is 11.7 Å². The largest absolute Gasteiger partial charge is 0.481 e. The molecule has 2 amide bonds. The Labute approximate surface area is 172 Å². The van der Waals surface area contributed by atoms with Gasteiger partial charge in [-0.05, 0) is 42.5 Å². The van der Waals surface area contributed by atoms with Crippen molar-refractivity contribution in [2.24, 2.45) is 5.92 Å². The van der Waals surface area contributed by atoms with Crippen molar-refractivity contribution < 1.29 is 27.5 Å². The number of carbonyl (C=O) groups excluding carboxylic acids is 2. The van der Waals surface area contributed by atoms with Crippen LogP contribution < -0.4 is 10.1 Å². The molecule has 160 valence electrons. The molecule has 0 bridgehead atoms. The van der Waals surface area contributed by atoms with Gasteiger partial charge in [0, 0.05) is 6.54 Å². The molecule has 1 aliphatic heterocycles. The molecule has 2 aromatic rings. The van der Waals surface area contributed by atoms with Gasteiger partial charge in [-0.3, -0.25) is 9.59 Å². The van der Waals surface area contributed by atoms with E-state index in [1.54, 1.807) is 12.1 Å². The lowest BCUT2D eigenvalue weighted by molar-refractivity contribution is -0.146. The number of methoxy groups -OCH3 is 1. The lowest BCUT2D eigenvalue weighted by Gasteiger charge is -2.38. The van der Waals surface area contributed by atoms with E-state index >= 15 is 0 Å². The van der Waals surface area contributed by atoms with Crippen LogP contribution in [0.25, 0.3) is 0 Å². The molecule has 2 atom stereocenters. The van der Waals surface area contributed by atoms with Gasteiger partial charge in [0.05, 0.1) is 30.6 Å². The maximum absolute atomic E-state index is 13.3. The van der Waals surface area contributed by atoms with Gasteiger partial charge in [0.1, 0.15) is 5.82 Å². The number of alkyl halides is 2. The van der Waals surface area contributed by atoms with Crippen molar-refractivity contribution in [3.63, 3.8) is 0 Å². The molecule has 2 heterocycles. The summed E-state index contributed by atoms with van der Waals surface area (Å²) >= 11 is 0. The maximum atomic E-state index is 13.3. The van der Waals surface area contributed by atoms with Crippen molar-refractivity contribution in [1.82, 2.24) is 9.88 Å². The standard InChI is InChI=1S/C21H22F3N3O3/c1-12-3-8-17(13-4-6-14(22)7-5-13)27(11-12)21(29)19(28)26-15-9-16(18(23)24)20(30-2)25-10-15/h4-7,9-10,12,17-18H,3,8,11H2,1-2H3,(H,26,28). The van der Waals surface area contributed by atoms with Crippen LogP contribution in [0.3, 0.4) is 0 Å². The number of rotatable bonds is 4. The monoisotopic (exact) mass is 421 g/mol. The minimum atomic E-state index is -2.86. The third-order valence-electron chi connectivity index (χ3n) is 5.09. The number of likely N-dealkylation sites (tertiary alicyclic amines) is 1. The van der Waals surface area contributed by atoms with Gasteiger partial charge in [-0.2, -0.15) is 0 Å². The topological polar surface area (TPSA) is 71.5 Å². The molecule has 30 heavy (non-hydrogen) atoms. The SMILES string of the molecule is COc1ncc(NC(=O)C(=O)N2CC(C)CCC2c2ccc(F)cc2)cc1C(F)F. The van der Waals surface area contributed by atoms with E-state index in [1.165, 1.54) is 24.1 Å². The van der Waals surface area contributed by atoms with Crippen LogP contribution in [0.4, 0.5) is 18.9 Å². The molecule has 1 aromatic carbocycles. The first-order chi connectivity index (χ1) is 14.3. The fraction of sp³-hybridized carbons (Fsp3) is 0.381. The van der Waals surface area contributed by atoms with E-state index in [4.69, 9.17) is 4.74 Å². The number of aromatic nitrogens is 1. The predicted molar refractivity (Wildman–Crippen MR) is 104 cm³/mol. The molecule has 1 aliphatic rings. The molecule has 3 rings (SSSR count). The van der Waals surface area contributed by atoms with Crippen LogP contribution in [-0.4, -0.2) is 35.4 Å². The highest BCUT2D eigenvalue weighted by atomic mass is 19.3. The Hall–Kier alpha value is -3.10. The van der Waals surface area contributed by atoms with Gasteiger partial charge < -0.3 is 15.0 Å². The zero-order valence-electron chi connectivity index (χ0n) is 16.6. The number of amides is 2. The molecular formula is C21H22F3N3O3. The second kappa shape index (κ2) is 9.15. The van der Waals surface area contributed by atoms with Crippen LogP contribution in [-0.2, 0) is 9.59 Å². The summed E-state index contributed by atoms with van der Waals surface area (Å²) in [5.41, 5.74) is 0.210. The zero-order valence-corrected chi connectivity index (χ0v) is 16.6. The van der Waals surface area contributed by atoms with Crippen LogP contribution >= 0.6 is 0 Å². The van der Waals surface area contributed by atoms with Crippen molar-refractivity contribution in [3.05, 3.63) is 53.5 Å². The van der Waals surface area contributed by atoms with E-state index in [1.807, 2.05) is 6.92 Å². The number of benzene rings is 1. The van der Waals surface area contributed by atoms with Gasteiger partial charge in [-0.1, -0.05) is 19.1 Å². The number of anilines is 1. The second-order valence-corrected chi connectivity index (χ2v) is 7.28. The Bertz CT molecular complexity index is 921. The third kappa shape index (κ3) is 4.72. The minimum Gasteiger partial charge on any atom is -0.481 e. The number of nitrogens with one attached hydrogen (secondary N) is 1. The Morgan fingerprint density at radius 1 is 1.23 bits per heavy atom. The van der Waals surface area contributed by atoms with Crippen molar-refractivity contribution >= 4 is 17.5 Å². The van der Waals surface area contributed by atoms with E-state index in [2.05, 4.69) is 10.3 Å². The fourth-order valence-corrected chi connectivity index (χ4v) is 3.59. The Balaban J connectivity index is 1.80. The first kappa shape index (κ1) is 21.6. The number of piperidine rings is 1. The Kier molecular flexibility index (Phi) is 6.59. The zero-order chi connectivity index (χ0) is 21.8. The molecule has 1 fully saturated rings. The number of hydrogen-bond acceptors (Lipinski definition) is 4. The molecule has 1 N–H and O–H groups in total. The molecule has 1 saturated heterocycles. The van der Waals surface area contributed by atoms with Gasteiger partial charge in [0.2, 0.25) is 5.88 Å². The van der Waals surface area contributed by atoms with E-state index in [9.17, 15) is 22.8 Å². The maximum Gasteiger partial charge on any atom is 0.313 e. The Morgan fingerprint density at radius 3 is 2.57 bits per heavy atom. The summed E-state index contributed by atoms with van der Waals surface area (Å²) in [6, 6.07) is 6.46. The van der Waals surface area contributed by atoms with E-state index in [0.717, 1.165) is 24.2 Å². The summed E-state index contributed by atoms with van der Waals surface area (Å²) in [4.78, 5) is 30.7. The average molecular weight is 421 g/mol. The Morgan fingerprint density at radius 2 is 1.93 bits per heavy atom.